The van der Waals surface area contributed by atoms with Gasteiger partial charge < -0.3 is 19.1 Å². The van der Waals surface area contributed by atoms with Crippen LogP contribution in [0.4, 0.5) is 5.69 Å². The zero-order valence-corrected chi connectivity index (χ0v) is 17.6. The van der Waals surface area contributed by atoms with Crippen molar-refractivity contribution in [3.8, 4) is 0 Å². The molecule has 5 rings (SSSR count). The minimum Gasteiger partial charge on any atom is -0.466 e. The molecule has 1 aliphatic carbocycles. The average molecular weight is 423 g/mol. The van der Waals surface area contributed by atoms with Gasteiger partial charge in [-0.05, 0) is 44.2 Å². The smallest absolute Gasteiger partial charge is 0.311 e. The molecule has 2 amide bonds. The summed E-state index contributed by atoms with van der Waals surface area (Å²) in [5, 5.41) is 3.63. The number of aromatic nitrogens is 1. The molecule has 1 saturated heterocycles. The average Bonchev–Trinajstić information content (AvgIpc) is 3.29. The van der Waals surface area contributed by atoms with Crippen molar-refractivity contribution in [1.82, 2.24) is 10.1 Å². The number of rotatable bonds is 5. The van der Waals surface area contributed by atoms with Crippen molar-refractivity contribution >= 4 is 23.5 Å². The first kappa shape index (κ1) is 19.8. The summed E-state index contributed by atoms with van der Waals surface area (Å²) >= 11 is 0. The van der Waals surface area contributed by atoms with Crippen molar-refractivity contribution in [2.45, 2.75) is 38.1 Å². The van der Waals surface area contributed by atoms with Gasteiger partial charge in [0.1, 0.15) is 5.54 Å². The Morgan fingerprint density at radius 3 is 2.71 bits per heavy atom. The monoisotopic (exact) mass is 423 g/mol. The van der Waals surface area contributed by atoms with E-state index in [9.17, 15) is 14.4 Å². The Morgan fingerprint density at radius 1 is 1.26 bits per heavy atom. The van der Waals surface area contributed by atoms with Crippen LogP contribution in [0.25, 0.3) is 0 Å². The zero-order chi connectivity index (χ0) is 21.8. The minimum atomic E-state index is -1.23. The van der Waals surface area contributed by atoms with Gasteiger partial charge in [-0.2, -0.15) is 0 Å². The number of anilines is 1. The molecule has 3 atom stereocenters. The maximum atomic E-state index is 14.0. The quantitative estimate of drug-likeness (QED) is 0.687. The van der Waals surface area contributed by atoms with Crippen LogP contribution in [0.3, 0.4) is 0 Å². The van der Waals surface area contributed by atoms with Gasteiger partial charge in [0.25, 0.3) is 11.8 Å². The van der Waals surface area contributed by atoms with Gasteiger partial charge in [0.2, 0.25) is 5.76 Å². The van der Waals surface area contributed by atoms with Crippen molar-refractivity contribution in [2.24, 2.45) is 11.8 Å². The second-order valence-electron chi connectivity index (χ2n) is 8.69. The van der Waals surface area contributed by atoms with Crippen LogP contribution >= 0.6 is 0 Å². The standard InChI is InChI=1S/C23H25N3O5/c1-3-30-21(28)16-13-26(20(27)18-10-11-24-31-18)23(2)19(16)15-6-4-5-7-17(15)25(22(23)29)12-14-8-9-14/h4-7,10-11,14,16,19H,3,8-9,12-13H2,1-2H3/t16-,19+,23-/m0/s1. The predicted molar refractivity (Wildman–Crippen MR) is 110 cm³/mol. The van der Waals surface area contributed by atoms with Crippen LogP contribution in [0.15, 0.2) is 41.1 Å². The molecule has 8 heteroatoms. The molecule has 1 saturated carbocycles. The Bertz CT molecular complexity index is 1030. The summed E-state index contributed by atoms with van der Waals surface area (Å²) in [4.78, 5) is 43.6. The van der Waals surface area contributed by atoms with E-state index in [-0.39, 0.29) is 24.8 Å². The van der Waals surface area contributed by atoms with E-state index < -0.39 is 29.3 Å². The van der Waals surface area contributed by atoms with E-state index in [1.807, 2.05) is 24.3 Å². The number of amides is 2. The lowest BCUT2D eigenvalue weighted by Crippen LogP contribution is -2.62. The van der Waals surface area contributed by atoms with E-state index >= 15 is 0 Å². The molecule has 31 heavy (non-hydrogen) atoms. The first-order chi connectivity index (χ1) is 15.0. The molecule has 3 heterocycles. The van der Waals surface area contributed by atoms with Gasteiger partial charge in [0.05, 0.1) is 18.7 Å². The van der Waals surface area contributed by atoms with Gasteiger partial charge >= 0.3 is 5.97 Å². The number of esters is 1. The summed E-state index contributed by atoms with van der Waals surface area (Å²) in [5.74, 6) is -1.64. The molecule has 0 spiro atoms. The molecule has 3 aliphatic rings. The number of carbonyl (C=O) groups is 3. The van der Waals surface area contributed by atoms with Crippen LogP contribution in [0.5, 0.6) is 0 Å². The number of para-hydroxylation sites is 1. The highest BCUT2D eigenvalue weighted by atomic mass is 16.5. The molecule has 0 radical (unpaired) electrons. The van der Waals surface area contributed by atoms with E-state index in [1.165, 1.54) is 17.2 Å². The van der Waals surface area contributed by atoms with Gasteiger partial charge in [-0.25, -0.2) is 0 Å². The molecule has 2 aromatic rings. The molecular formula is C23H25N3O5. The lowest BCUT2D eigenvalue weighted by atomic mass is 9.72. The Labute approximate surface area is 180 Å². The number of nitrogens with zero attached hydrogens (tertiary/aromatic N) is 3. The summed E-state index contributed by atoms with van der Waals surface area (Å²) in [6.45, 7) is 4.45. The number of benzene rings is 1. The summed E-state index contributed by atoms with van der Waals surface area (Å²) in [5.41, 5.74) is 0.492. The van der Waals surface area contributed by atoms with E-state index in [1.54, 1.807) is 18.7 Å². The van der Waals surface area contributed by atoms with Crippen LogP contribution < -0.4 is 4.90 Å². The van der Waals surface area contributed by atoms with Crippen LogP contribution in [0.2, 0.25) is 0 Å². The van der Waals surface area contributed by atoms with Gasteiger partial charge in [-0.3, -0.25) is 14.4 Å². The van der Waals surface area contributed by atoms with Gasteiger partial charge in [0, 0.05) is 30.8 Å². The third kappa shape index (κ3) is 2.96. The number of ether oxygens (including phenoxy) is 1. The highest BCUT2D eigenvalue weighted by Gasteiger charge is 2.64. The van der Waals surface area contributed by atoms with E-state index in [2.05, 4.69) is 5.16 Å². The Balaban J connectivity index is 1.65. The molecule has 0 bridgehead atoms. The number of fused-ring (bicyclic) bond motifs is 3. The van der Waals surface area contributed by atoms with Crippen molar-refractivity contribution < 1.29 is 23.6 Å². The molecule has 2 aliphatic heterocycles. The molecule has 162 valence electrons. The summed E-state index contributed by atoms with van der Waals surface area (Å²) in [6.07, 6.45) is 3.58. The summed E-state index contributed by atoms with van der Waals surface area (Å²) in [7, 11) is 0. The fourth-order valence-electron chi connectivity index (χ4n) is 5.15. The molecule has 0 N–H and O–H groups in total. The van der Waals surface area contributed by atoms with Crippen LogP contribution in [0, 0.1) is 11.8 Å². The molecule has 8 nitrogen and oxygen atoms in total. The van der Waals surface area contributed by atoms with E-state index in [4.69, 9.17) is 9.26 Å². The third-order valence-corrected chi connectivity index (χ3v) is 6.81. The third-order valence-electron chi connectivity index (χ3n) is 6.81. The van der Waals surface area contributed by atoms with E-state index in [0.29, 0.717) is 12.5 Å². The first-order valence-electron chi connectivity index (χ1n) is 10.8. The van der Waals surface area contributed by atoms with Crippen molar-refractivity contribution in [2.75, 3.05) is 24.6 Å². The van der Waals surface area contributed by atoms with Crippen LogP contribution in [0.1, 0.15) is 48.7 Å². The maximum absolute atomic E-state index is 14.0. The minimum absolute atomic E-state index is 0.0462. The number of hydrogen-bond acceptors (Lipinski definition) is 6. The molecule has 1 aromatic heterocycles. The lowest BCUT2D eigenvalue weighted by molar-refractivity contribution is -0.148. The molecular weight excluding hydrogens is 398 g/mol. The normalized spacial score (nSPS) is 27.1. The maximum Gasteiger partial charge on any atom is 0.311 e. The molecule has 1 aromatic carbocycles. The second kappa shape index (κ2) is 7.21. The van der Waals surface area contributed by atoms with Gasteiger partial charge in [-0.1, -0.05) is 23.4 Å². The van der Waals surface area contributed by atoms with Crippen molar-refractivity contribution in [3.05, 3.63) is 47.9 Å². The van der Waals surface area contributed by atoms with Crippen LogP contribution in [-0.2, 0) is 14.3 Å². The van der Waals surface area contributed by atoms with Gasteiger partial charge in [0.15, 0.2) is 0 Å². The number of hydrogen-bond donors (Lipinski definition) is 0. The van der Waals surface area contributed by atoms with Crippen LogP contribution in [-0.4, -0.2) is 53.1 Å². The van der Waals surface area contributed by atoms with E-state index in [0.717, 1.165) is 24.1 Å². The number of carbonyl (C=O) groups excluding carboxylic acids is 3. The highest BCUT2D eigenvalue weighted by molar-refractivity contribution is 6.08. The second-order valence-corrected chi connectivity index (χ2v) is 8.69. The fraction of sp³-hybridized carbons (Fsp3) is 0.478. The largest absolute Gasteiger partial charge is 0.466 e. The topological polar surface area (TPSA) is 93.0 Å². The lowest BCUT2D eigenvalue weighted by Gasteiger charge is -2.46. The Hall–Kier alpha value is -3.16. The van der Waals surface area contributed by atoms with Crippen molar-refractivity contribution in [3.63, 3.8) is 0 Å². The fourth-order valence-corrected chi connectivity index (χ4v) is 5.15. The Kier molecular flexibility index (Phi) is 4.60. The molecule has 2 fully saturated rings. The SMILES string of the molecule is CCOC(=O)[C@H]1CN(C(=O)c2ccno2)[C@]2(C)C(=O)N(CC3CC3)c3ccccc3[C@H]12. The summed E-state index contributed by atoms with van der Waals surface area (Å²) < 4.78 is 10.5. The number of likely N-dealkylation sites (tertiary alicyclic amines) is 1. The predicted octanol–water partition coefficient (Wildman–Crippen LogP) is 2.61. The van der Waals surface area contributed by atoms with Crippen molar-refractivity contribution in [1.29, 1.82) is 0 Å². The van der Waals surface area contributed by atoms with Gasteiger partial charge in [-0.15, -0.1) is 0 Å². The highest BCUT2D eigenvalue weighted by Crippen LogP contribution is 2.54. The Morgan fingerprint density at radius 2 is 2.03 bits per heavy atom. The molecule has 0 unspecified atom stereocenters. The summed E-state index contributed by atoms with van der Waals surface area (Å²) in [6, 6.07) is 9.17. The zero-order valence-electron chi connectivity index (χ0n) is 17.6. The first-order valence-corrected chi connectivity index (χ1v) is 10.8.